The van der Waals surface area contributed by atoms with Crippen molar-refractivity contribution >= 4 is 11.9 Å². The van der Waals surface area contributed by atoms with E-state index in [4.69, 9.17) is 5.11 Å². The molecule has 1 aliphatic rings. The topological polar surface area (TPSA) is 72.8 Å². The highest BCUT2D eigenvalue weighted by Gasteiger charge is 2.18. The molecule has 1 aliphatic heterocycles. The molecule has 5 nitrogen and oxygen atoms in total. The zero-order valence-electron chi connectivity index (χ0n) is 6.89. The first-order valence-corrected chi connectivity index (χ1v) is 3.50. The van der Waals surface area contributed by atoms with Gasteiger partial charge in [-0.25, -0.2) is 9.59 Å². The molecule has 0 unspecified atom stereocenters. The SMILES string of the molecule is COC(=O)/C=C1/C=CC(=O)O[C@@H]1O. The number of aliphatic hydroxyl groups excluding tert-OH is 1. The number of esters is 2. The number of methoxy groups -OCH3 is 1. The summed E-state index contributed by atoms with van der Waals surface area (Å²) < 4.78 is 8.73. The van der Waals surface area contributed by atoms with E-state index in [-0.39, 0.29) is 5.57 Å². The van der Waals surface area contributed by atoms with Gasteiger partial charge >= 0.3 is 11.9 Å². The molecule has 0 radical (unpaired) electrons. The van der Waals surface area contributed by atoms with Crippen molar-refractivity contribution in [3.63, 3.8) is 0 Å². The summed E-state index contributed by atoms with van der Waals surface area (Å²) in [6.45, 7) is 0. The second-order valence-corrected chi connectivity index (χ2v) is 2.29. The maximum atomic E-state index is 10.7. The second-order valence-electron chi connectivity index (χ2n) is 2.29. The fourth-order valence-electron chi connectivity index (χ4n) is 0.778. The maximum absolute atomic E-state index is 10.7. The predicted octanol–water partition coefficient (Wildman–Crippen LogP) is -0.483. The zero-order valence-corrected chi connectivity index (χ0v) is 6.89. The Morgan fingerprint density at radius 2 is 2.38 bits per heavy atom. The number of rotatable bonds is 1. The average molecular weight is 184 g/mol. The molecule has 0 aromatic heterocycles. The highest BCUT2D eigenvalue weighted by Crippen LogP contribution is 2.12. The first kappa shape index (κ1) is 9.47. The molecule has 0 aromatic rings. The van der Waals surface area contributed by atoms with Crippen LogP contribution in [-0.4, -0.2) is 30.4 Å². The molecule has 1 atom stereocenters. The van der Waals surface area contributed by atoms with E-state index in [1.807, 2.05) is 0 Å². The van der Waals surface area contributed by atoms with Crippen LogP contribution in [0.2, 0.25) is 0 Å². The number of carbonyl (C=O) groups is 2. The van der Waals surface area contributed by atoms with E-state index in [0.717, 1.165) is 12.2 Å². The van der Waals surface area contributed by atoms with Crippen LogP contribution >= 0.6 is 0 Å². The van der Waals surface area contributed by atoms with Crippen LogP contribution in [0.25, 0.3) is 0 Å². The largest absolute Gasteiger partial charge is 0.466 e. The minimum absolute atomic E-state index is 0.187. The lowest BCUT2D eigenvalue weighted by atomic mass is 10.2. The summed E-state index contributed by atoms with van der Waals surface area (Å²) in [6.07, 6.45) is 2.07. The number of carbonyl (C=O) groups excluding carboxylic acids is 2. The van der Waals surface area contributed by atoms with Gasteiger partial charge in [-0.15, -0.1) is 0 Å². The Kier molecular flexibility index (Phi) is 2.81. The van der Waals surface area contributed by atoms with Crippen molar-refractivity contribution in [3.05, 3.63) is 23.8 Å². The molecular formula is C8H8O5. The molecule has 0 aromatic carbocycles. The van der Waals surface area contributed by atoms with Crippen LogP contribution < -0.4 is 0 Å². The molecule has 13 heavy (non-hydrogen) atoms. The fourth-order valence-corrected chi connectivity index (χ4v) is 0.778. The third-order valence-corrected chi connectivity index (χ3v) is 1.41. The molecule has 0 fully saturated rings. The van der Waals surface area contributed by atoms with Crippen LogP contribution in [0.4, 0.5) is 0 Å². The van der Waals surface area contributed by atoms with Crippen molar-refractivity contribution in [2.24, 2.45) is 0 Å². The number of hydrogen-bond donors (Lipinski definition) is 1. The molecule has 70 valence electrons. The van der Waals surface area contributed by atoms with Gasteiger partial charge < -0.3 is 14.6 Å². The van der Waals surface area contributed by atoms with Crippen molar-refractivity contribution in [1.29, 1.82) is 0 Å². The first-order valence-electron chi connectivity index (χ1n) is 3.50. The lowest BCUT2D eigenvalue weighted by Crippen LogP contribution is -2.22. The summed E-state index contributed by atoms with van der Waals surface area (Å²) in [7, 11) is 1.21. The third kappa shape index (κ3) is 2.41. The molecule has 0 spiro atoms. The Morgan fingerprint density at radius 3 is 2.92 bits per heavy atom. The fraction of sp³-hybridized carbons (Fsp3) is 0.250. The van der Waals surface area contributed by atoms with Crippen molar-refractivity contribution in [3.8, 4) is 0 Å². The van der Waals surface area contributed by atoms with E-state index in [0.29, 0.717) is 0 Å². The van der Waals surface area contributed by atoms with Gasteiger partial charge in [-0.1, -0.05) is 0 Å². The second kappa shape index (κ2) is 3.86. The zero-order chi connectivity index (χ0) is 9.84. The van der Waals surface area contributed by atoms with Crippen LogP contribution in [0.5, 0.6) is 0 Å². The summed E-state index contributed by atoms with van der Waals surface area (Å²) in [5, 5.41) is 9.11. The Hall–Kier alpha value is -1.62. The summed E-state index contributed by atoms with van der Waals surface area (Å²) in [5.41, 5.74) is 0.187. The van der Waals surface area contributed by atoms with Crippen molar-refractivity contribution < 1.29 is 24.2 Å². The van der Waals surface area contributed by atoms with E-state index < -0.39 is 18.2 Å². The molecule has 0 saturated heterocycles. The maximum Gasteiger partial charge on any atom is 0.333 e. The highest BCUT2D eigenvalue weighted by molar-refractivity contribution is 5.87. The predicted molar refractivity (Wildman–Crippen MR) is 41.3 cm³/mol. The Balaban J connectivity index is 2.81. The van der Waals surface area contributed by atoms with Crippen molar-refractivity contribution in [2.45, 2.75) is 6.29 Å². The Morgan fingerprint density at radius 1 is 1.69 bits per heavy atom. The van der Waals surface area contributed by atoms with Gasteiger partial charge in [-0.3, -0.25) is 0 Å². The van der Waals surface area contributed by atoms with Gasteiger partial charge in [-0.05, 0) is 6.08 Å². The van der Waals surface area contributed by atoms with Crippen LogP contribution in [0.15, 0.2) is 23.8 Å². The van der Waals surface area contributed by atoms with Crippen LogP contribution in [0, 0.1) is 0 Å². The number of ether oxygens (including phenoxy) is 2. The molecule has 0 saturated carbocycles. The smallest absolute Gasteiger partial charge is 0.333 e. The minimum atomic E-state index is -1.39. The molecular weight excluding hydrogens is 176 g/mol. The monoisotopic (exact) mass is 184 g/mol. The van der Waals surface area contributed by atoms with Gasteiger partial charge in [0.25, 0.3) is 0 Å². The molecule has 1 N–H and O–H groups in total. The van der Waals surface area contributed by atoms with Crippen LogP contribution in [0.1, 0.15) is 0 Å². The minimum Gasteiger partial charge on any atom is -0.466 e. The first-order chi connectivity index (χ1) is 6.13. The summed E-state index contributed by atoms with van der Waals surface area (Å²) >= 11 is 0. The number of aliphatic hydroxyl groups is 1. The Labute approximate surface area is 74.3 Å². The van der Waals surface area contributed by atoms with Gasteiger partial charge in [0, 0.05) is 17.7 Å². The molecule has 1 heterocycles. The summed E-state index contributed by atoms with van der Waals surface area (Å²) in [4.78, 5) is 21.3. The third-order valence-electron chi connectivity index (χ3n) is 1.41. The van der Waals surface area contributed by atoms with Crippen LogP contribution in [0.3, 0.4) is 0 Å². The molecule has 1 rings (SSSR count). The Bertz CT molecular complexity index is 289. The van der Waals surface area contributed by atoms with Crippen LogP contribution in [-0.2, 0) is 19.1 Å². The average Bonchev–Trinajstić information content (AvgIpc) is 2.09. The van der Waals surface area contributed by atoms with E-state index >= 15 is 0 Å². The van der Waals surface area contributed by atoms with Gasteiger partial charge in [0.1, 0.15) is 0 Å². The van der Waals surface area contributed by atoms with E-state index in [9.17, 15) is 9.59 Å². The summed E-state index contributed by atoms with van der Waals surface area (Å²) in [5.74, 6) is -1.26. The van der Waals surface area contributed by atoms with E-state index in [2.05, 4.69) is 9.47 Å². The van der Waals surface area contributed by atoms with Gasteiger partial charge in [-0.2, -0.15) is 0 Å². The molecule has 5 heteroatoms. The normalized spacial score (nSPS) is 24.3. The quantitative estimate of drug-likeness (QED) is 0.440. The number of cyclic esters (lactones) is 1. The molecule has 0 aliphatic carbocycles. The van der Waals surface area contributed by atoms with Crippen molar-refractivity contribution in [1.82, 2.24) is 0 Å². The van der Waals surface area contributed by atoms with Gasteiger partial charge in [0.05, 0.1) is 7.11 Å². The van der Waals surface area contributed by atoms with E-state index in [1.54, 1.807) is 0 Å². The lowest BCUT2D eigenvalue weighted by Gasteiger charge is -2.15. The van der Waals surface area contributed by atoms with Gasteiger partial charge in [0.15, 0.2) is 0 Å². The van der Waals surface area contributed by atoms with Gasteiger partial charge in [0.2, 0.25) is 6.29 Å². The highest BCUT2D eigenvalue weighted by atomic mass is 16.6. The molecule has 0 amide bonds. The summed E-state index contributed by atoms with van der Waals surface area (Å²) in [6, 6.07) is 0. The standard InChI is InChI=1S/C8H8O5/c1-12-7(10)4-5-2-3-6(9)13-8(5)11/h2-4,8,11H,1H3/b5-4-/t8-/m0/s1. The number of hydrogen-bond acceptors (Lipinski definition) is 5. The van der Waals surface area contributed by atoms with Crippen molar-refractivity contribution in [2.75, 3.05) is 7.11 Å². The molecule has 0 bridgehead atoms. The van der Waals surface area contributed by atoms with E-state index in [1.165, 1.54) is 13.2 Å². The lowest BCUT2D eigenvalue weighted by molar-refractivity contribution is -0.157.